The summed E-state index contributed by atoms with van der Waals surface area (Å²) in [6, 6.07) is 20.6. The Morgan fingerprint density at radius 3 is 2.17 bits per heavy atom. The molecule has 2 aromatic carbocycles. The Morgan fingerprint density at radius 2 is 1.56 bits per heavy atom. The molecule has 0 saturated carbocycles. The molecule has 0 fully saturated rings. The van der Waals surface area contributed by atoms with Crippen molar-refractivity contribution in [2.75, 3.05) is 6.61 Å². The molecule has 0 spiro atoms. The molecule has 0 radical (unpaired) electrons. The lowest BCUT2D eigenvalue weighted by molar-refractivity contribution is 0.0973. The number of ether oxygens (including phenoxy) is 1. The molecule has 0 bridgehead atoms. The zero-order valence-electron chi connectivity index (χ0n) is 10.6. The van der Waals surface area contributed by atoms with E-state index in [1.807, 2.05) is 43.3 Å². The molecule has 1 heteroatoms. The van der Waals surface area contributed by atoms with Crippen molar-refractivity contribution in [3.8, 4) is 0 Å². The van der Waals surface area contributed by atoms with Crippen molar-refractivity contribution >= 4 is 6.08 Å². The lowest BCUT2D eigenvalue weighted by atomic mass is 10.1. The van der Waals surface area contributed by atoms with Crippen LogP contribution in [0.25, 0.3) is 6.08 Å². The summed E-state index contributed by atoms with van der Waals surface area (Å²) in [7, 11) is 0. The molecule has 1 nitrogen and oxygen atoms in total. The summed E-state index contributed by atoms with van der Waals surface area (Å²) in [5, 5.41) is 0. The second kappa shape index (κ2) is 6.77. The number of rotatable bonds is 5. The molecule has 0 aliphatic rings. The molecular weight excluding hydrogens is 220 g/mol. The molecule has 1 atom stereocenters. The van der Waals surface area contributed by atoms with Crippen LogP contribution in [0.15, 0.2) is 66.7 Å². The Bertz CT molecular complexity index is 473. The maximum Gasteiger partial charge on any atom is 0.101 e. The normalized spacial score (nSPS) is 12.7. The first-order valence-corrected chi connectivity index (χ1v) is 6.30. The Balaban J connectivity index is 2.14. The van der Waals surface area contributed by atoms with Crippen LogP contribution in [0.5, 0.6) is 0 Å². The molecule has 0 heterocycles. The van der Waals surface area contributed by atoms with Crippen LogP contribution in [0, 0.1) is 0 Å². The largest absolute Gasteiger partial charge is 0.370 e. The highest BCUT2D eigenvalue weighted by molar-refractivity contribution is 5.50. The fraction of sp³-hybridized carbons (Fsp3) is 0.176. The summed E-state index contributed by atoms with van der Waals surface area (Å²) in [5.41, 5.74) is 2.38. The second-order valence-electron chi connectivity index (χ2n) is 4.06. The molecule has 0 aliphatic heterocycles. The topological polar surface area (TPSA) is 9.23 Å². The molecule has 1 unspecified atom stereocenters. The minimum atomic E-state index is 0.0245. The fourth-order valence-corrected chi connectivity index (χ4v) is 1.85. The predicted octanol–water partition coefficient (Wildman–Crippen LogP) is 4.48. The van der Waals surface area contributed by atoms with Crippen LogP contribution in [-0.4, -0.2) is 6.61 Å². The zero-order chi connectivity index (χ0) is 12.6. The Hall–Kier alpha value is -1.86. The van der Waals surface area contributed by atoms with Gasteiger partial charge in [-0.3, -0.25) is 0 Å². The van der Waals surface area contributed by atoms with Gasteiger partial charge in [-0.1, -0.05) is 72.8 Å². The van der Waals surface area contributed by atoms with Crippen molar-refractivity contribution in [1.29, 1.82) is 0 Å². The van der Waals surface area contributed by atoms with E-state index in [9.17, 15) is 0 Å². The molecule has 0 saturated heterocycles. The average molecular weight is 238 g/mol. The predicted molar refractivity (Wildman–Crippen MR) is 76.3 cm³/mol. The molecule has 2 aromatic rings. The number of benzene rings is 2. The van der Waals surface area contributed by atoms with Gasteiger partial charge in [0, 0.05) is 6.61 Å². The van der Waals surface area contributed by atoms with Gasteiger partial charge in [0.2, 0.25) is 0 Å². The fourth-order valence-electron chi connectivity index (χ4n) is 1.85. The Kier molecular flexibility index (Phi) is 4.74. The van der Waals surface area contributed by atoms with Gasteiger partial charge in [0.1, 0.15) is 6.10 Å². The van der Waals surface area contributed by atoms with Crippen molar-refractivity contribution in [3.63, 3.8) is 0 Å². The van der Waals surface area contributed by atoms with Crippen LogP contribution in [-0.2, 0) is 4.74 Å². The van der Waals surface area contributed by atoms with E-state index >= 15 is 0 Å². The van der Waals surface area contributed by atoms with Gasteiger partial charge in [-0.2, -0.15) is 0 Å². The standard InChI is InChI=1S/C17H18O/c1-2-18-17(16-11-7-4-8-12-16)14-13-15-9-5-3-6-10-15/h3-14,17H,2H2,1H3/b14-13+. The first-order valence-electron chi connectivity index (χ1n) is 6.30. The van der Waals surface area contributed by atoms with E-state index in [4.69, 9.17) is 4.74 Å². The van der Waals surface area contributed by atoms with E-state index in [1.54, 1.807) is 0 Å². The van der Waals surface area contributed by atoms with Gasteiger partial charge in [0.15, 0.2) is 0 Å². The molecule has 18 heavy (non-hydrogen) atoms. The molecule has 92 valence electrons. The first-order chi connectivity index (χ1) is 8.90. The van der Waals surface area contributed by atoms with E-state index in [2.05, 4.69) is 36.4 Å². The van der Waals surface area contributed by atoms with Crippen molar-refractivity contribution in [2.24, 2.45) is 0 Å². The number of hydrogen-bond acceptors (Lipinski definition) is 1. The van der Waals surface area contributed by atoms with Crippen molar-refractivity contribution in [3.05, 3.63) is 77.9 Å². The minimum Gasteiger partial charge on any atom is -0.370 e. The first kappa shape index (κ1) is 12.6. The Labute approximate surface area is 109 Å². The van der Waals surface area contributed by atoms with Crippen LogP contribution in [0.2, 0.25) is 0 Å². The summed E-state index contributed by atoms with van der Waals surface area (Å²) in [5.74, 6) is 0. The smallest absolute Gasteiger partial charge is 0.101 e. The Morgan fingerprint density at radius 1 is 0.944 bits per heavy atom. The maximum absolute atomic E-state index is 5.76. The lowest BCUT2D eigenvalue weighted by Crippen LogP contribution is -2.00. The SMILES string of the molecule is CCOC(/C=C/c1ccccc1)c1ccccc1. The highest BCUT2D eigenvalue weighted by Gasteiger charge is 2.06. The molecule has 0 aliphatic carbocycles. The summed E-state index contributed by atoms with van der Waals surface area (Å²) in [6.45, 7) is 2.73. The highest BCUT2D eigenvalue weighted by atomic mass is 16.5. The third-order valence-electron chi connectivity index (χ3n) is 2.74. The van der Waals surface area contributed by atoms with Crippen molar-refractivity contribution in [1.82, 2.24) is 0 Å². The van der Waals surface area contributed by atoms with Crippen LogP contribution in [0.3, 0.4) is 0 Å². The van der Waals surface area contributed by atoms with Crippen LogP contribution in [0.1, 0.15) is 24.2 Å². The van der Waals surface area contributed by atoms with Crippen LogP contribution >= 0.6 is 0 Å². The van der Waals surface area contributed by atoms with Crippen LogP contribution in [0.4, 0.5) is 0 Å². The van der Waals surface area contributed by atoms with Gasteiger partial charge in [0.05, 0.1) is 0 Å². The molecule has 2 rings (SSSR count). The average Bonchev–Trinajstić information content (AvgIpc) is 2.45. The van der Waals surface area contributed by atoms with E-state index in [1.165, 1.54) is 11.1 Å². The quantitative estimate of drug-likeness (QED) is 0.746. The second-order valence-corrected chi connectivity index (χ2v) is 4.06. The summed E-state index contributed by atoms with van der Waals surface area (Å²) in [4.78, 5) is 0. The van der Waals surface area contributed by atoms with Gasteiger partial charge in [-0.05, 0) is 18.1 Å². The zero-order valence-corrected chi connectivity index (χ0v) is 10.6. The summed E-state index contributed by atoms with van der Waals surface area (Å²) >= 11 is 0. The number of hydrogen-bond donors (Lipinski definition) is 0. The minimum absolute atomic E-state index is 0.0245. The van der Waals surface area contributed by atoms with Crippen molar-refractivity contribution < 1.29 is 4.74 Å². The van der Waals surface area contributed by atoms with E-state index in [-0.39, 0.29) is 6.10 Å². The monoisotopic (exact) mass is 238 g/mol. The summed E-state index contributed by atoms with van der Waals surface area (Å²) in [6.07, 6.45) is 4.23. The van der Waals surface area contributed by atoms with Gasteiger partial charge in [0.25, 0.3) is 0 Å². The van der Waals surface area contributed by atoms with E-state index in [0.717, 1.165) is 0 Å². The highest BCUT2D eigenvalue weighted by Crippen LogP contribution is 2.19. The molecule has 0 aromatic heterocycles. The molecule has 0 N–H and O–H groups in total. The third-order valence-corrected chi connectivity index (χ3v) is 2.74. The van der Waals surface area contributed by atoms with Crippen molar-refractivity contribution in [2.45, 2.75) is 13.0 Å². The summed E-state index contributed by atoms with van der Waals surface area (Å²) < 4.78 is 5.76. The maximum atomic E-state index is 5.76. The van der Waals surface area contributed by atoms with Gasteiger partial charge in [-0.15, -0.1) is 0 Å². The van der Waals surface area contributed by atoms with Gasteiger partial charge >= 0.3 is 0 Å². The van der Waals surface area contributed by atoms with Gasteiger partial charge < -0.3 is 4.74 Å². The van der Waals surface area contributed by atoms with Crippen LogP contribution < -0.4 is 0 Å². The molecular formula is C17H18O. The third kappa shape index (κ3) is 3.57. The molecule has 0 amide bonds. The lowest BCUT2D eigenvalue weighted by Gasteiger charge is -2.13. The van der Waals surface area contributed by atoms with E-state index < -0.39 is 0 Å². The van der Waals surface area contributed by atoms with E-state index in [0.29, 0.717) is 6.61 Å². The van der Waals surface area contributed by atoms with Gasteiger partial charge in [-0.25, -0.2) is 0 Å².